The highest BCUT2D eigenvalue weighted by Gasteiger charge is 2.12. The van der Waals surface area contributed by atoms with Crippen LogP contribution in [-0.2, 0) is 0 Å². The van der Waals surface area contributed by atoms with Gasteiger partial charge >= 0.3 is 0 Å². The minimum Gasteiger partial charge on any atom is -0.307 e. The van der Waals surface area contributed by atoms with Crippen LogP contribution < -0.4 is 5.32 Å². The van der Waals surface area contributed by atoms with E-state index < -0.39 is 23.4 Å². The number of carbonyl (C=O) groups is 2. The van der Waals surface area contributed by atoms with Crippen LogP contribution in [0.25, 0.3) is 0 Å². The zero-order chi connectivity index (χ0) is 22.5. The lowest BCUT2D eigenvalue weighted by Gasteiger charge is -2.07. The maximum atomic E-state index is 13.7. The van der Waals surface area contributed by atoms with Crippen LogP contribution in [0.3, 0.4) is 0 Å². The summed E-state index contributed by atoms with van der Waals surface area (Å²) in [4.78, 5) is 29.3. The summed E-state index contributed by atoms with van der Waals surface area (Å²) >= 11 is 11.3. The molecule has 1 aromatic heterocycles. The predicted molar refractivity (Wildman–Crippen MR) is 115 cm³/mol. The van der Waals surface area contributed by atoms with E-state index in [1.54, 1.807) is 13.0 Å². The molecule has 0 unspecified atom stereocenters. The topological polar surface area (TPSA) is 64.0 Å². The minimum absolute atomic E-state index is 0.0654. The van der Waals surface area contributed by atoms with E-state index in [-0.39, 0.29) is 27.0 Å². The average Bonchev–Trinajstić information content (AvgIpc) is 2.82. The predicted octanol–water partition coefficient (Wildman–Crippen LogP) is 5.84. The number of hydrogen-bond acceptors (Lipinski definition) is 3. The first-order valence-corrected chi connectivity index (χ1v) is 9.66. The fourth-order valence-corrected chi connectivity index (χ4v) is 2.82. The quantitative estimate of drug-likeness (QED) is 0.532. The molecule has 0 bridgehead atoms. The van der Waals surface area contributed by atoms with E-state index in [4.69, 9.17) is 23.2 Å². The Morgan fingerprint density at radius 2 is 1.55 bits per heavy atom. The zero-order valence-corrected chi connectivity index (χ0v) is 17.6. The van der Waals surface area contributed by atoms with Crippen molar-refractivity contribution >= 4 is 40.8 Å². The van der Waals surface area contributed by atoms with E-state index in [2.05, 4.69) is 10.3 Å². The number of aryl methyl sites for hydroxylation is 1. The Bertz CT molecular complexity index is 1230. The van der Waals surface area contributed by atoms with Gasteiger partial charge in [-0.25, -0.2) is 13.8 Å². The standard InChI is InChI=1S/C22H15Cl2F2N3O2/c1-13-3-8-20(28-21(30)14-4-6-16(23)18(25)11-14)27-9-2-10-29(13)22(31)15-5-7-17(24)19(26)12-15/h2-12H,1H3,(H,28,30). The summed E-state index contributed by atoms with van der Waals surface area (Å²) in [6.45, 7) is 1.66. The highest BCUT2D eigenvalue weighted by molar-refractivity contribution is 6.31. The van der Waals surface area contributed by atoms with Gasteiger partial charge in [0.1, 0.15) is 17.5 Å². The SMILES string of the molecule is Cc1ccc(NC(=O)c2ccc(Cl)c(F)c2)ncccn1C(=O)c1ccc(Cl)c(F)c1. The molecule has 0 radical (unpaired) electrons. The minimum atomic E-state index is -0.715. The van der Waals surface area contributed by atoms with Gasteiger partial charge in [0.25, 0.3) is 11.8 Å². The van der Waals surface area contributed by atoms with Crippen LogP contribution in [-0.4, -0.2) is 21.4 Å². The number of nitrogens with one attached hydrogen (secondary N) is 1. The molecule has 1 heterocycles. The van der Waals surface area contributed by atoms with Crippen LogP contribution in [0.5, 0.6) is 0 Å². The lowest BCUT2D eigenvalue weighted by atomic mass is 10.2. The Hall–Kier alpha value is -3.29. The Labute approximate surface area is 186 Å². The molecular weight excluding hydrogens is 447 g/mol. The molecule has 9 heteroatoms. The molecule has 158 valence electrons. The summed E-state index contributed by atoms with van der Waals surface area (Å²) < 4.78 is 28.6. The summed E-state index contributed by atoms with van der Waals surface area (Å²) in [6, 6.07) is 12.0. The van der Waals surface area contributed by atoms with E-state index in [1.807, 2.05) is 0 Å². The third-order valence-corrected chi connectivity index (χ3v) is 4.82. The molecule has 0 aliphatic rings. The third kappa shape index (κ3) is 5.45. The average molecular weight is 462 g/mol. The number of rotatable bonds is 3. The van der Waals surface area contributed by atoms with E-state index >= 15 is 0 Å². The van der Waals surface area contributed by atoms with Gasteiger partial charge in [0.15, 0.2) is 0 Å². The second-order valence-electron chi connectivity index (χ2n) is 6.37. The van der Waals surface area contributed by atoms with E-state index in [1.165, 1.54) is 53.4 Å². The Balaban J connectivity index is 1.91. The number of hydrogen-bond donors (Lipinski definition) is 1. The van der Waals surface area contributed by atoms with Crippen LogP contribution in [0.1, 0.15) is 26.4 Å². The van der Waals surface area contributed by atoms with Crippen molar-refractivity contribution in [2.75, 3.05) is 5.32 Å². The first-order valence-electron chi connectivity index (χ1n) is 8.90. The zero-order valence-electron chi connectivity index (χ0n) is 16.1. The Kier molecular flexibility index (Phi) is 6.99. The Morgan fingerprint density at radius 1 is 0.935 bits per heavy atom. The first kappa shape index (κ1) is 22.4. The summed E-state index contributed by atoms with van der Waals surface area (Å²) in [5.41, 5.74) is 0.653. The van der Waals surface area contributed by atoms with Crippen LogP contribution in [0.15, 0.2) is 67.0 Å². The van der Waals surface area contributed by atoms with Gasteiger partial charge in [-0.05, 0) is 61.5 Å². The van der Waals surface area contributed by atoms with Gasteiger partial charge < -0.3 is 5.32 Å². The maximum absolute atomic E-state index is 13.7. The van der Waals surface area contributed by atoms with E-state index in [9.17, 15) is 18.4 Å². The lowest BCUT2D eigenvalue weighted by molar-refractivity contribution is 0.0956. The molecule has 5 nitrogen and oxygen atoms in total. The van der Waals surface area contributed by atoms with Gasteiger partial charge in [0.05, 0.1) is 10.0 Å². The monoisotopic (exact) mass is 461 g/mol. The summed E-state index contributed by atoms with van der Waals surface area (Å²) in [7, 11) is 0. The number of amides is 1. The molecule has 31 heavy (non-hydrogen) atoms. The van der Waals surface area contributed by atoms with Gasteiger partial charge in [0, 0.05) is 29.2 Å². The second-order valence-corrected chi connectivity index (χ2v) is 7.18. The van der Waals surface area contributed by atoms with Gasteiger partial charge in [-0.1, -0.05) is 23.2 Å². The van der Waals surface area contributed by atoms with Crippen LogP contribution in [0.2, 0.25) is 10.0 Å². The third-order valence-electron chi connectivity index (χ3n) is 4.21. The van der Waals surface area contributed by atoms with Crippen molar-refractivity contribution in [2.45, 2.75) is 6.92 Å². The molecule has 3 aromatic rings. The number of carbonyl (C=O) groups excluding carboxylic acids is 2. The molecule has 0 fully saturated rings. The smallest absolute Gasteiger partial charge is 0.262 e. The van der Waals surface area contributed by atoms with Crippen molar-refractivity contribution < 1.29 is 18.4 Å². The Morgan fingerprint density at radius 3 is 2.19 bits per heavy atom. The summed E-state index contributed by atoms with van der Waals surface area (Å²) in [5.74, 6) is -2.32. The van der Waals surface area contributed by atoms with Gasteiger partial charge in [0.2, 0.25) is 0 Å². The van der Waals surface area contributed by atoms with Gasteiger partial charge in [-0.3, -0.25) is 14.2 Å². The number of benzene rings is 2. The number of nitrogens with zero attached hydrogens (tertiary/aromatic N) is 2. The van der Waals surface area contributed by atoms with Gasteiger partial charge in [-0.2, -0.15) is 0 Å². The molecule has 0 spiro atoms. The fourth-order valence-electron chi connectivity index (χ4n) is 2.58. The van der Waals surface area contributed by atoms with Crippen LogP contribution >= 0.6 is 23.2 Å². The molecule has 1 N–H and O–H groups in total. The number of halogens is 4. The van der Waals surface area contributed by atoms with Crippen molar-refractivity contribution in [3.05, 3.63) is 105 Å². The second kappa shape index (κ2) is 9.68. The van der Waals surface area contributed by atoms with Crippen molar-refractivity contribution in [3.63, 3.8) is 0 Å². The highest BCUT2D eigenvalue weighted by atomic mass is 35.5. The van der Waals surface area contributed by atoms with Crippen LogP contribution in [0.4, 0.5) is 14.6 Å². The van der Waals surface area contributed by atoms with Crippen molar-refractivity contribution in [1.29, 1.82) is 0 Å². The van der Waals surface area contributed by atoms with E-state index in [0.717, 1.165) is 12.1 Å². The van der Waals surface area contributed by atoms with Crippen molar-refractivity contribution in [3.8, 4) is 0 Å². The largest absolute Gasteiger partial charge is 0.307 e. The molecule has 0 atom stereocenters. The first-order chi connectivity index (χ1) is 14.8. The number of anilines is 1. The molecule has 3 rings (SSSR count). The molecule has 0 saturated carbocycles. The van der Waals surface area contributed by atoms with Crippen molar-refractivity contribution in [2.24, 2.45) is 0 Å². The maximum Gasteiger partial charge on any atom is 0.262 e. The molecular formula is C22H15Cl2F2N3O2. The lowest BCUT2D eigenvalue weighted by Crippen LogP contribution is -2.14. The molecule has 2 aromatic carbocycles. The molecule has 0 aliphatic carbocycles. The molecule has 0 saturated heterocycles. The molecule has 0 aliphatic heterocycles. The fraction of sp³-hybridized carbons (Fsp3) is 0.0455. The van der Waals surface area contributed by atoms with Gasteiger partial charge in [-0.15, -0.1) is 0 Å². The van der Waals surface area contributed by atoms with E-state index in [0.29, 0.717) is 5.69 Å². The van der Waals surface area contributed by atoms with Crippen LogP contribution in [0, 0.1) is 18.6 Å². The summed E-state index contributed by atoms with van der Waals surface area (Å²) in [6.07, 6.45) is 2.82. The normalized spacial score (nSPS) is 10.4. The number of aromatic nitrogens is 2. The highest BCUT2D eigenvalue weighted by Crippen LogP contribution is 2.18. The summed E-state index contributed by atoms with van der Waals surface area (Å²) in [5, 5.41) is 2.38. The molecule has 1 amide bonds. The van der Waals surface area contributed by atoms with Crippen molar-refractivity contribution in [1.82, 2.24) is 9.55 Å².